The highest BCUT2D eigenvalue weighted by atomic mass is 16.6. The van der Waals surface area contributed by atoms with Gasteiger partial charge in [-0.05, 0) is 30.0 Å². The lowest BCUT2D eigenvalue weighted by Gasteiger charge is -2.20. The van der Waals surface area contributed by atoms with Gasteiger partial charge in [0.15, 0.2) is 12.7 Å². The largest absolute Gasteiger partial charge is 0.479 e. The lowest BCUT2D eigenvalue weighted by atomic mass is 9.87. The summed E-state index contributed by atoms with van der Waals surface area (Å²) in [5, 5.41) is 4.69. The molecule has 0 fully saturated rings. The molecule has 0 aliphatic rings. The first-order valence-corrected chi connectivity index (χ1v) is 8.04. The van der Waals surface area contributed by atoms with Crippen molar-refractivity contribution in [3.8, 4) is 5.75 Å². The molecule has 2 amide bonds. The Balaban J connectivity index is 2.44. The van der Waals surface area contributed by atoms with Crippen LogP contribution >= 0.6 is 0 Å². The normalized spacial score (nSPS) is 12.0. The van der Waals surface area contributed by atoms with E-state index < -0.39 is 24.6 Å². The molecule has 2 N–H and O–H groups in total. The van der Waals surface area contributed by atoms with Crippen LogP contribution in [0.4, 0.5) is 0 Å². The minimum Gasteiger partial charge on any atom is -0.479 e. The smallest absolute Gasteiger partial charge is 0.347 e. The zero-order valence-corrected chi connectivity index (χ0v) is 15.3. The van der Waals surface area contributed by atoms with Crippen LogP contribution in [0.1, 0.15) is 33.3 Å². The molecule has 0 aliphatic carbocycles. The Bertz CT molecular complexity index is 605. The SMILES string of the molecule is CNC(=O)CNC(=O)COC(=O)[C@@H](C)Oc1ccc(C(C)(C)C)cc1. The van der Waals surface area contributed by atoms with Crippen molar-refractivity contribution in [3.63, 3.8) is 0 Å². The van der Waals surface area contributed by atoms with Gasteiger partial charge >= 0.3 is 5.97 Å². The molecular formula is C18H26N2O5. The highest BCUT2D eigenvalue weighted by Crippen LogP contribution is 2.24. The van der Waals surface area contributed by atoms with E-state index in [-0.39, 0.29) is 17.9 Å². The Hall–Kier alpha value is -2.57. The van der Waals surface area contributed by atoms with Crippen LogP contribution in [-0.2, 0) is 24.5 Å². The average Bonchev–Trinajstić information content (AvgIpc) is 2.56. The molecule has 0 bridgehead atoms. The number of nitrogens with one attached hydrogen (secondary N) is 2. The van der Waals surface area contributed by atoms with Crippen molar-refractivity contribution in [3.05, 3.63) is 29.8 Å². The highest BCUT2D eigenvalue weighted by molar-refractivity contribution is 5.86. The van der Waals surface area contributed by atoms with Crippen molar-refractivity contribution in [1.29, 1.82) is 0 Å². The second kappa shape index (κ2) is 9.05. The fourth-order valence-electron chi connectivity index (χ4n) is 1.86. The van der Waals surface area contributed by atoms with E-state index in [2.05, 4.69) is 31.4 Å². The van der Waals surface area contributed by atoms with Crippen LogP contribution < -0.4 is 15.4 Å². The number of hydrogen-bond acceptors (Lipinski definition) is 5. The third-order valence-electron chi connectivity index (χ3n) is 3.44. The number of hydrogen-bond donors (Lipinski definition) is 2. The molecular weight excluding hydrogens is 324 g/mol. The van der Waals surface area contributed by atoms with Gasteiger partial charge in [-0.15, -0.1) is 0 Å². The number of benzene rings is 1. The van der Waals surface area contributed by atoms with E-state index in [1.165, 1.54) is 7.05 Å². The quantitative estimate of drug-likeness (QED) is 0.720. The highest BCUT2D eigenvalue weighted by Gasteiger charge is 2.19. The fourth-order valence-corrected chi connectivity index (χ4v) is 1.86. The zero-order valence-electron chi connectivity index (χ0n) is 15.3. The van der Waals surface area contributed by atoms with Gasteiger partial charge in [0, 0.05) is 7.05 Å². The van der Waals surface area contributed by atoms with E-state index in [0.717, 1.165) is 5.56 Å². The maximum absolute atomic E-state index is 11.9. The summed E-state index contributed by atoms with van der Waals surface area (Å²) in [7, 11) is 1.46. The summed E-state index contributed by atoms with van der Waals surface area (Å²) in [6.07, 6.45) is -0.854. The molecule has 0 saturated carbocycles. The number of ether oxygens (including phenoxy) is 2. The monoisotopic (exact) mass is 350 g/mol. The Labute approximate surface area is 148 Å². The predicted molar refractivity (Wildman–Crippen MR) is 93.3 cm³/mol. The Morgan fingerprint density at radius 3 is 2.20 bits per heavy atom. The average molecular weight is 350 g/mol. The van der Waals surface area contributed by atoms with Crippen LogP contribution in [0.3, 0.4) is 0 Å². The second-order valence-corrected chi connectivity index (χ2v) is 6.59. The summed E-state index contributed by atoms with van der Waals surface area (Å²) in [5.41, 5.74) is 1.19. The summed E-state index contributed by atoms with van der Waals surface area (Å²) >= 11 is 0. The van der Waals surface area contributed by atoms with Crippen molar-refractivity contribution in [2.75, 3.05) is 20.2 Å². The third kappa shape index (κ3) is 7.24. The molecule has 1 atom stereocenters. The van der Waals surface area contributed by atoms with Gasteiger partial charge in [-0.25, -0.2) is 4.79 Å². The molecule has 0 spiro atoms. The molecule has 1 aromatic carbocycles. The third-order valence-corrected chi connectivity index (χ3v) is 3.44. The van der Waals surface area contributed by atoms with Crippen molar-refractivity contribution in [2.24, 2.45) is 0 Å². The van der Waals surface area contributed by atoms with Gasteiger partial charge in [0.25, 0.3) is 5.91 Å². The summed E-state index contributed by atoms with van der Waals surface area (Å²) in [4.78, 5) is 34.3. The number of rotatable bonds is 7. The summed E-state index contributed by atoms with van der Waals surface area (Å²) in [5.74, 6) is -1.01. The van der Waals surface area contributed by atoms with E-state index in [0.29, 0.717) is 5.75 Å². The standard InChI is InChI=1S/C18H26N2O5/c1-12(17(23)24-11-16(22)20-10-15(21)19-5)25-14-8-6-13(7-9-14)18(2,3)4/h6-9,12H,10-11H2,1-5H3,(H,19,21)(H,20,22)/t12-/m1/s1. The number of carbonyl (C=O) groups is 3. The topological polar surface area (TPSA) is 93.7 Å². The molecule has 7 heteroatoms. The molecule has 0 saturated heterocycles. The van der Waals surface area contributed by atoms with Crippen molar-refractivity contribution in [1.82, 2.24) is 10.6 Å². The Kier molecular flexibility index (Phi) is 7.42. The maximum Gasteiger partial charge on any atom is 0.347 e. The lowest BCUT2D eigenvalue weighted by molar-refractivity contribution is -0.154. The minimum absolute atomic E-state index is 0.0329. The number of likely N-dealkylation sites (N-methyl/N-ethyl adjacent to an activating group) is 1. The molecule has 1 aromatic rings. The first kappa shape index (κ1) is 20.5. The molecule has 7 nitrogen and oxygen atoms in total. The van der Waals surface area contributed by atoms with Crippen molar-refractivity contribution >= 4 is 17.8 Å². The molecule has 0 radical (unpaired) electrons. The van der Waals surface area contributed by atoms with E-state index in [1.54, 1.807) is 19.1 Å². The van der Waals surface area contributed by atoms with E-state index >= 15 is 0 Å². The summed E-state index contributed by atoms with van der Waals surface area (Å²) in [6.45, 7) is 7.24. The lowest BCUT2D eigenvalue weighted by Crippen LogP contribution is -2.38. The van der Waals surface area contributed by atoms with E-state index in [4.69, 9.17) is 9.47 Å². The van der Waals surface area contributed by atoms with E-state index in [1.807, 2.05) is 12.1 Å². The van der Waals surface area contributed by atoms with Gasteiger partial charge in [0.05, 0.1) is 6.54 Å². The Morgan fingerprint density at radius 1 is 1.08 bits per heavy atom. The minimum atomic E-state index is -0.854. The van der Waals surface area contributed by atoms with Crippen LogP contribution in [0.5, 0.6) is 5.75 Å². The second-order valence-electron chi connectivity index (χ2n) is 6.59. The van der Waals surface area contributed by atoms with Crippen molar-refractivity contribution in [2.45, 2.75) is 39.2 Å². The fraction of sp³-hybridized carbons (Fsp3) is 0.500. The van der Waals surface area contributed by atoms with Crippen molar-refractivity contribution < 1.29 is 23.9 Å². The molecule has 0 unspecified atom stereocenters. The van der Waals surface area contributed by atoms with Gasteiger partial charge in [-0.2, -0.15) is 0 Å². The van der Waals surface area contributed by atoms with Gasteiger partial charge in [-0.1, -0.05) is 32.9 Å². The molecule has 0 heterocycles. The van der Waals surface area contributed by atoms with Crippen LogP contribution in [0.2, 0.25) is 0 Å². The van der Waals surface area contributed by atoms with Crippen LogP contribution in [0.15, 0.2) is 24.3 Å². The van der Waals surface area contributed by atoms with Crippen LogP contribution in [-0.4, -0.2) is 44.1 Å². The first-order chi connectivity index (χ1) is 11.6. The zero-order chi connectivity index (χ0) is 19.0. The van der Waals surface area contributed by atoms with Crippen LogP contribution in [0.25, 0.3) is 0 Å². The molecule has 25 heavy (non-hydrogen) atoms. The first-order valence-electron chi connectivity index (χ1n) is 8.04. The van der Waals surface area contributed by atoms with Gasteiger partial charge < -0.3 is 20.1 Å². The summed E-state index contributed by atoms with van der Waals surface area (Å²) in [6, 6.07) is 7.47. The molecule has 1 rings (SSSR count). The van der Waals surface area contributed by atoms with E-state index in [9.17, 15) is 14.4 Å². The number of esters is 1. The maximum atomic E-state index is 11.9. The van der Waals surface area contributed by atoms with Crippen LogP contribution in [0, 0.1) is 0 Å². The van der Waals surface area contributed by atoms with Gasteiger partial charge in [0.1, 0.15) is 5.75 Å². The summed E-state index contributed by atoms with van der Waals surface area (Å²) < 4.78 is 10.4. The molecule has 0 aromatic heterocycles. The van der Waals surface area contributed by atoms with Gasteiger partial charge in [0.2, 0.25) is 5.91 Å². The number of amides is 2. The molecule has 0 aliphatic heterocycles. The predicted octanol–water partition coefficient (Wildman–Crippen LogP) is 1.16. The molecule has 138 valence electrons. The Morgan fingerprint density at radius 2 is 1.68 bits per heavy atom. The van der Waals surface area contributed by atoms with Gasteiger partial charge in [-0.3, -0.25) is 9.59 Å². The number of carbonyl (C=O) groups excluding carboxylic acids is 3.